The monoisotopic (exact) mass is 353 g/mol. The van der Waals surface area contributed by atoms with Gasteiger partial charge in [0.25, 0.3) is 0 Å². The van der Waals surface area contributed by atoms with Gasteiger partial charge in [0.2, 0.25) is 21.8 Å². The molecule has 1 aliphatic rings. The fourth-order valence-corrected chi connectivity index (χ4v) is 3.64. The Balaban J connectivity index is 1.96. The predicted octanol–water partition coefficient (Wildman–Crippen LogP) is 0.155. The highest BCUT2D eigenvalue weighted by Gasteiger charge is 2.52. The van der Waals surface area contributed by atoms with Gasteiger partial charge in [-0.3, -0.25) is 9.59 Å². The van der Waals surface area contributed by atoms with Crippen molar-refractivity contribution >= 4 is 21.8 Å². The number of sulfonamides is 1. The first kappa shape index (κ1) is 18.4. The van der Waals surface area contributed by atoms with Crippen LogP contribution in [-0.4, -0.2) is 33.3 Å². The fraction of sp³-hybridized carbons (Fsp3) is 0.500. The van der Waals surface area contributed by atoms with Crippen molar-refractivity contribution in [3.05, 3.63) is 29.8 Å². The van der Waals surface area contributed by atoms with E-state index in [0.29, 0.717) is 25.9 Å². The smallest absolute Gasteiger partial charge is 0.238 e. The van der Waals surface area contributed by atoms with Gasteiger partial charge in [-0.15, -0.1) is 0 Å². The zero-order valence-corrected chi connectivity index (χ0v) is 14.7. The molecule has 2 atom stereocenters. The molecule has 0 saturated carbocycles. The Kier molecular flexibility index (Phi) is 5.29. The van der Waals surface area contributed by atoms with E-state index in [4.69, 9.17) is 5.14 Å². The van der Waals surface area contributed by atoms with E-state index in [1.54, 1.807) is 12.1 Å². The van der Waals surface area contributed by atoms with Crippen molar-refractivity contribution < 1.29 is 18.0 Å². The second kappa shape index (κ2) is 6.90. The SMILES string of the molecule is CCC1(C(=O)NCCc2ccc(S(N)(=O)=O)cc2)C(=O)NCC1C. The molecule has 24 heavy (non-hydrogen) atoms. The molecule has 1 heterocycles. The lowest BCUT2D eigenvalue weighted by Gasteiger charge is -2.27. The molecule has 0 bridgehead atoms. The molecule has 1 aliphatic heterocycles. The highest BCUT2D eigenvalue weighted by atomic mass is 32.2. The Hall–Kier alpha value is -1.93. The first-order chi connectivity index (χ1) is 11.2. The number of rotatable bonds is 6. The molecule has 1 aromatic carbocycles. The largest absolute Gasteiger partial charge is 0.355 e. The summed E-state index contributed by atoms with van der Waals surface area (Å²) in [6, 6.07) is 6.19. The molecule has 0 radical (unpaired) electrons. The standard InChI is InChI=1S/C16H23N3O4S/c1-3-16(11(2)10-19-15(16)21)14(20)18-9-8-12-4-6-13(7-5-12)24(17,22)23/h4-7,11H,3,8-10H2,1-2H3,(H,18,20)(H,19,21)(H2,17,22,23). The lowest BCUT2D eigenvalue weighted by Crippen LogP contribution is -2.48. The number of nitrogens with one attached hydrogen (secondary N) is 2. The Labute approximate surface area is 142 Å². The molecule has 2 rings (SSSR count). The summed E-state index contributed by atoms with van der Waals surface area (Å²) in [5.41, 5.74) is -0.130. The molecule has 0 aromatic heterocycles. The molecule has 132 valence electrons. The summed E-state index contributed by atoms with van der Waals surface area (Å²) in [5, 5.41) is 10.6. The third-order valence-corrected chi connectivity index (χ3v) is 5.66. The Bertz CT molecular complexity index is 730. The summed E-state index contributed by atoms with van der Waals surface area (Å²) in [6.07, 6.45) is 0.987. The molecule has 0 aliphatic carbocycles. The molecule has 2 amide bonds. The molecular weight excluding hydrogens is 330 g/mol. The highest BCUT2D eigenvalue weighted by molar-refractivity contribution is 7.89. The van der Waals surface area contributed by atoms with Gasteiger partial charge in [-0.05, 0) is 36.5 Å². The summed E-state index contributed by atoms with van der Waals surface area (Å²) < 4.78 is 22.4. The normalized spacial score (nSPS) is 23.8. The molecule has 8 heteroatoms. The molecule has 1 aromatic rings. The van der Waals surface area contributed by atoms with Crippen LogP contribution < -0.4 is 15.8 Å². The molecule has 1 fully saturated rings. The topological polar surface area (TPSA) is 118 Å². The molecular formula is C16H23N3O4S. The van der Waals surface area contributed by atoms with E-state index in [-0.39, 0.29) is 22.6 Å². The molecule has 7 nitrogen and oxygen atoms in total. The maximum atomic E-state index is 12.5. The summed E-state index contributed by atoms with van der Waals surface area (Å²) >= 11 is 0. The second-order valence-corrected chi connectivity index (χ2v) is 7.69. The summed E-state index contributed by atoms with van der Waals surface area (Å²) in [7, 11) is -3.70. The highest BCUT2D eigenvalue weighted by Crippen LogP contribution is 2.36. The van der Waals surface area contributed by atoms with Gasteiger partial charge >= 0.3 is 0 Å². The van der Waals surface area contributed by atoms with E-state index >= 15 is 0 Å². The number of nitrogens with two attached hydrogens (primary N) is 1. The van der Waals surface area contributed by atoms with Crippen molar-refractivity contribution in [1.29, 1.82) is 0 Å². The van der Waals surface area contributed by atoms with E-state index in [1.165, 1.54) is 12.1 Å². The number of carbonyl (C=O) groups is 2. The van der Waals surface area contributed by atoms with Crippen LogP contribution in [0.25, 0.3) is 0 Å². The van der Waals surface area contributed by atoms with E-state index in [1.807, 2.05) is 13.8 Å². The maximum Gasteiger partial charge on any atom is 0.238 e. The van der Waals surface area contributed by atoms with Crippen molar-refractivity contribution in [2.24, 2.45) is 16.5 Å². The zero-order chi connectivity index (χ0) is 18.0. The van der Waals surface area contributed by atoms with Crippen molar-refractivity contribution in [2.75, 3.05) is 13.1 Å². The van der Waals surface area contributed by atoms with Crippen LogP contribution >= 0.6 is 0 Å². The average Bonchev–Trinajstić information content (AvgIpc) is 2.82. The quantitative estimate of drug-likeness (QED) is 0.631. The van der Waals surface area contributed by atoms with Gasteiger partial charge < -0.3 is 10.6 Å². The summed E-state index contributed by atoms with van der Waals surface area (Å²) in [5.74, 6) is -0.523. The number of benzene rings is 1. The van der Waals surface area contributed by atoms with E-state index < -0.39 is 15.4 Å². The van der Waals surface area contributed by atoms with Crippen molar-refractivity contribution in [2.45, 2.75) is 31.6 Å². The fourth-order valence-electron chi connectivity index (χ4n) is 3.12. The van der Waals surface area contributed by atoms with Crippen molar-refractivity contribution in [1.82, 2.24) is 10.6 Å². The number of hydrogen-bond acceptors (Lipinski definition) is 4. The van der Waals surface area contributed by atoms with Crippen LogP contribution in [0, 0.1) is 11.3 Å². The van der Waals surface area contributed by atoms with Crippen LogP contribution in [-0.2, 0) is 26.0 Å². The van der Waals surface area contributed by atoms with Gasteiger partial charge in [-0.25, -0.2) is 13.6 Å². The van der Waals surface area contributed by atoms with Crippen LogP contribution in [0.4, 0.5) is 0 Å². The minimum atomic E-state index is -3.70. The maximum absolute atomic E-state index is 12.5. The molecule has 2 unspecified atom stereocenters. The van der Waals surface area contributed by atoms with E-state index in [9.17, 15) is 18.0 Å². The first-order valence-electron chi connectivity index (χ1n) is 7.90. The van der Waals surface area contributed by atoms with Gasteiger partial charge in [0.15, 0.2) is 0 Å². The Morgan fingerprint density at radius 3 is 2.46 bits per heavy atom. The van der Waals surface area contributed by atoms with Crippen LogP contribution in [0.3, 0.4) is 0 Å². The zero-order valence-electron chi connectivity index (χ0n) is 13.8. The van der Waals surface area contributed by atoms with Crippen LogP contribution in [0.1, 0.15) is 25.8 Å². The van der Waals surface area contributed by atoms with Gasteiger partial charge in [0, 0.05) is 13.1 Å². The number of primary sulfonamides is 1. The minimum absolute atomic E-state index is 0.0518. The third kappa shape index (κ3) is 3.44. The summed E-state index contributed by atoms with van der Waals surface area (Å²) in [6.45, 7) is 4.62. The van der Waals surface area contributed by atoms with Crippen LogP contribution in [0.5, 0.6) is 0 Å². The molecule has 4 N–H and O–H groups in total. The van der Waals surface area contributed by atoms with Crippen LogP contribution in [0.2, 0.25) is 0 Å². The minimum Gasteiger partial charge on any atom is -0.355 e. The molecule has 0 spiro atoms. The van der Waals surface area contributed by atoms with Crippen molar-refractivity contribution in [3.8, 4) is 0 Å². The van der Waals surface area contributed by atoms with Crippen molar-refractivity contribution in [3.63, 3.8) is 0 Å². The van der Waals surface area contributed by atoms with E-state index in [2.05, 4.69) is 10.6 Å². The second-order valence-electron chi connectivity index (χ2n) is 6.13. The van der Waals surface area contributed by atoms with Gasteiger partial charge in [0.05, 0.1) is 4.90 Å². The van der Waals surface area contributed by atoms with Gasteiger partial charge in [-0.2, -0.15) is 0 Å². The number of hydrogen-bond donors (Lipinski definition) is 3. The molecule has 1 saturated heterocycles. The Morgan fingerprint density at radius 2 is 2.00 bits per heavy atom. The van der Waals surface area contributed by atoms with Gasteiger partial charge in [0.1, 0.15) is 5.41 Å². The average molecular weight is 353 g/mol. The van der Waals surface area contributed by atoms with Crippen LogP contribution in [0.15, 0.2) is 29.2 Å². The third-order valence-electron chi connectivity index (χ3n) is 4.73. The predicted molar refractivity (Wildman–Crippen MR) is 89.4 cm³/mol. The summed E-state index contributed by atoms with van der Waals surface area (Å²) in [4.78, 5) is 24.7. The number of amides is 2. The van der Waals surface area contributed by atoms with Gasteiger partial charge in [-0.1, -0.05) is 26.0 Å². The number of carbonyl (C=O) groups excluding carboxylic acids is 2. The van der Waals surface area contributed by atoms with E-state index in [0.717, 1.165) is 5.56 Å². The first-order valence-corrected chi connectivity index (χ1v) is 9.44. The lowest BCUT2D eigenvalue weighted by molar-refractivity contribution is -0.143. The lowest BCUT2D eigenvalue weighted by atomic mass is 9.75. The Morgan fingerprint density at radius 1 is 1.38 bits per heavy atom.